The smallest absolute Gasteiger partial charge is 0.408 e. The van der Waals surface area contributed by atoms with Crippen molar-refractivity contribution in [1.82, 2.24) is 10.6 Å². The lowest BCUT2D eigenvalue weighted by Gasteiger charge is -2.25. The molecule has 1 aromatic carbocycles. The van der Waals surface area contributed by atoms with Gasteiger partial charge in [-0.15, -0.1) is 0 Å². The Balaban J connectivity index is 2.70. The highest BCUT2D eigenvalue weighted by Crippen LogP contribution is 2.22. The number of nitrogens with one attached hydrogen (secondary N) is 2. The second kappa shape index (κ2) is 14.6. The fourth-order valence-corrected chi connectivity index (χ4v) is 3.37. The number of aliphatic imine (C=N–C) groups is 1. The molecular formula is C27H46N4O4. The quantitative estimate of drug-likeness (QED) is 0.211. The summed E-state index contributed by atoms with van der Waals surface area (Å²) in [5, 5.41) is 5.68. The normalized spacial score (nSPS) is 14.6. The Kier molecular flexibility index (Phi) is 12.6. The Morgan fingerprint density at radius 1 is 1.09 bits per heavy atom. The third-order valence-corrected chi connectivity index (χ3v) is 5.60. The van der Waals surface area contributed by atoms with Crippen molar-refractivity contribution in [1.29, 1.82) is 0 Å². The van der Waals surface area contributed by atoms with Crippen molar-refractivity contribution < 1.29 is 19.1 Å². The topological polar surface area (TPSA) is 115 Å². The van der Waals surface area contributed by atoms with Crippen LogP contribution in [0.5, 0.6) is 5.75 Å². The standard InChI is InChI=1S/C27H46N4O4/c1-9-18(2)24(28)29-16-11-10-15-22(31-26(33)35-27(6,7)8)25(32)30-21(5)17-34-23-19(3)13-12-14-20(23)4/h12-14,18,21-22H,9-11,15-17H2,1-8H3,(H2,28,29)(H,30,32)(H,31,33)/t18-,21?,22?/m1/s1. The van der Waals surface area contributed by atoms with Crippen LogP contribution in [0.1, 0.15) is 78.4 Å². The van der Waals surface area contributed by atoms with Gasteiger partial charge in [0.2, 0.25) is 5.91 Å². The van der Waals surface area contributed by atoms with Gasteiger partial charge in [0.25, 0.3) is 0 Å². The molecular weight excluding hydrogens is 444 g/mol. The minimum atomic E-state index is -0.719. The summed E-state index contributed by atoms with van der Waals surface area (Å²) in [6.45, 7) is 16.3. The molecule has 2 unspecified atom stereocenters. The maximum absolute atomic E-state index is 13.0. The highest BCUT2D eigenvalue weighted by atomic mass is 16.6. The third kappa shape index (κ3) is 12.0. The zero-order valence-electron chi connectivity index (χ0n) is 22.9. The Bertz CT molecular complexity index is 828. The number of alkyl carbamates (subject to hydrolysis) is 1. The summed E-state index contributed by atoms with van der Waals surface area (Å²) in [7, 11) is 0. The first-order chi connectivity index (χ1) is 16.3. The molecule has 1 aromatic rings. The largest absolute Gasteiger partial charge is 0.491 e. The van der Waals surface area contributed by atoms with Gasteiger partial charge >= 0.3 is 6.09 Å². The number of nitrogens with zero attached hydrogens (tertiary/aromatic N) is 1. The number of hydrogen-bond donors (Lipinski definition) is 3. The van der Waals surface area contributed by atoms with E-state index in [-0.39, 0.29) is 17.9 Å². The molecule has 0 aliphatic rings. The monoisotopic (exact) mass is 490 g/mol. The average molecular weight is 491 g/mol. The molecule has 0 fully saturated rings. The Labute approximate surface area is 211 Å². The Morgan fingerprint density at radius 2 is 1.71 bits per heavy atom. The summed E-state index contributed by atoms with van der Waals surface area (Å²) in [5.41, 5.74) is 7.43. The van der Waals surface area contributed by atoms with E-state index in [2.05, 4.69) is 29.5 Å². The van der Waals surface area contributed by atoms with Gasteiger partial charge in [0, 0.05) is 12.5 Å². The lowest BCUT2D eigenvalue weighted by Crippen LogP contribution is -2.51. The van der Waals surface area contributed by atoms with Crippen LogP contribution in [-0.4, -0.2) is 48.7 Å². The van der Waals surface area contributed by atoms with E-state index in [0.29, 0.717) is 31.8 Å². The molecule has 0 radical (unpaired) electrons. The van der Waals surface area contributed by atoms with Crippen LogP contribution in [0.15, 0.2) is 23.2 Å². The fourth-order valence-electron chi connectivity index (χ4n) is 3.37. The number of hydrogen-bond acceptors (Lipinski definition) is 5. The molecule has 0 spiro atoms. The summed E-state index contributed by atoms with van der Waals surface area (Å²) >= 11 is 0. The molecule has 0 heterocycles. The van der Waals surface area contributed by atoms with Crippen molar-refractivity contribution in [3.05, 3.63) is 29.3 Å². The molecule has 1 rings (SSSR count). The van der Waals surface area contributed by atoms with Crippen molar-refractivity contribution >= 4 is 17.8 Å². The van der Waals surface area contributed by atoms with E-state index in [1.165, 1.54) is 0 Å². The molecule has 198 valence electrons. The SMILES string of the molecule is CC[C@@H](C)C(N)=NCCCCC(NC(=O)OC(C)(C)C)C(=O)NC(C)COc1c(C)cccc1C. The molecule has 0 bridgehead atoms. The van der Waals surface area contributed by atoms with Crippen LogP contribution in [0.2, 0.25) is 0 Å². The van der Waals surface area contributed by atoms with E-state index < -0.39 is 17.7 Å². The van der Waals surface area contributed by atoms with E-state index in [1.807, 2.05) is 39.0 Å². The fraction of sp³-hybridized carbons (Fsp3) is 0.667. The maximum Gasteiger partial charge on any atom is 0.408 e. The second-order valence-electron chi connectivity index (χ2n) is 10.3. The number of amides is 2. The zero-order valence-corrected chi connectivity index (χ0v) is 22.9. The van der Waals surface area contributed by atoms with Crippen LogP contribution in [0.4, 0.5) is 4.79 Å². The van der Waals surface area contributed by atoms with Crippen molar-refractivity contribution in [2.75, 3.05) is 13.2 Å². The molecule has 8 nitrogen and oxygen atoms in total. The zero-order chi connectivity index (χ0) is 26.6. The Morgan fingerprint density at radius 3 is 2.29 bits per heavy atom. The summed E-state index contributed by atoms with van der Waals surface area (Å²) in [4.78, 5) is 29.8. The minimum Gasteiger partial charge on any atom is -0.491 e. The average Bonchev–Trinajstić information content (AvgIpc) is 2.75. The third-order valence-electron chi connectivity index (χ3n) is 5.60. The molecule has 0 saturated heterocycles. The first-order valence-corrected chi connectivity index (χ1v) is 12.6. The first-order valence-electron chi connectivity index (χ1n) is 12.6. The lowest BCUT2D eigenvalue weighted by atomic mass is 10.1. The lowest BCUT2D eigenvalue weighted by molar-refractivity contribution is -0.124. The minimum absolute atomic E-state index is 0.246. The van der Waals surface area contributed by atoms with E-state index in [9.17, 15) is 9.59 Å². The number of nitrogens with two attached hydrogens (primary N) is 1. The van der Waals surface area contributed by atoms with E-state index in [4.69, 9.17) is 15.2 Å². The number of amidine groups is 1. The highest BCUT2D eigenvalue weighted by molar-refractivity contribution is 5.85. The van der Waals surface area contributed by atoms with Gasteiger partial charge in [0.15, 0.2) is 0 Å². The molecule has 8 heteroatoms. The van der Waals surface area contributed by atoms with Gasteiger partial charge in [-0.25, -0.2) is 4.79 Å². The molecule has 35 heavy (non-hydrogen) atoms. The number of rotatable bonds is 13. The Hall–Kier alpha value is -2.77. The van der Waals surface area contributed by atoms with Crippen molar-refractivity contribution in [3.63, 3.8) is 0 Å². The molecule has 4 N–H and O–H groups in total. The van der Waals surface area contributed by atoms with Crippen molar-refractivity contribution in [3.8, 4) is 5.75 Å². The van der Waals surface area contributed by atoms with Gasteiger partial charge < -0.3 is 25.8 Å². The molecule has 0 aliphatic carbocycles. The number of carbonyl (C=O) groups is 2. The predicted molar refractivity (Wildman–Crippen MR) is 142 cm³/mol. The molecule has 0 aromatic heterocycles. The van der Waals surface area contributed by atoms with Crippen LogP contribution in [0, 0.1) is 19.8 Å². The summed E-state index contributed by atoms with van der Waals surface area (Å²) < 4.78 is 11.3. The van der Waals surface area contributed by atoms with Gasteiger partial charge in [-0.05, 0) is 78.4 Å². The van der Waals surface area contributed by atoms with E-state index >= 15 is 0 Å². The highest BCUT2D eigenvalue weighted by Gasteiger charge is 2.25. The number of carbonyl (C=O) groups excluding carboxylic acids is 2. The molecule has 3 atom stereocenters. The number of aryl methyl sites for hydroxylation is 2. The molecule has 0 saturated carbocycles. The van der Waals surface area contributed by atoms with Gasteiger partial charge in [0.1, 0.15) is 24.0 Å². The van der Waals surface area contributed by atoms with Crippen LogP contribution in [-0.2, 0) is 9.53 Å². The predicted octanol–water partition coefficient (Wildman–Crippen LogP) is 4.65. The van der Waals surface area contributed by atoms with Gasteiger partial charge in [-0.1, -0.05) is 32.0 Å². The van der Waals surface area contributed by atoms with Gasteiger partial charge in [0.05, 0.1) is 11.9 Å². The number of para-hydroxylation sites is 1. The van der Waals surface area contributed by atoms with Crippen LogP contribution < -0.4 is 21.1 Å². The molecule has 0 aliphatic heterocycles. The number of unbranched alkanes of at least 4 members (excludes halogenated alkanes) is 1. The van der Waals surface area contributed by atoms with Crippen LogP contribution in [0.25, 0.3) is 0 Å². The van der Waals surface area contributed by atoms with Gasteiger partial charge in [-0.2, -0.15) is 0 Å². The molecule has 2 amide bonds. The van der Waals surface area contributed by atoms with Gasteiger partial charge in [-0.3, -0.25) is 9.79 Å². The van der Waals surface area contributed by atoms with Crippen molar-refractivity contribution in [2.24, 2.45) is 16.6 Å². The first kappa shape index (κ1) is 30.3. The van der Waals surface area contributed by atoms with Crippen LogP contribution >= 0.6 is 0 Å². The number of benzene rings is 1. The summed E-state index contributed by atoms with van der Waals surface area (Å²) in [6, 6.07) is 5.01. The summed E-state index contributed by atoms with van der Waals surface area (Å²) in [6.07, 6.45) is 2.27. The maximum atomic E-state index is 13.0. The van der Waals surface area contributed by atoms with E-state index in [0.717, 1.165) is 29.7 Å². The summed E-state index contributed by atoms with van der Waals surface area (Å²) in [5.74, 6) is 1.48. The number of ether oxygens (including phenoxy) is 2. The second-order valence-corrected chi connectivity index (χ2v) is 10.3. The van der Waals surface area contributed by atoms with E-state index in [1.54, 1.807) is 20.8 Å². The van der Waals surface area contributed by atoms with Crippen LogP contribution in [0.3, 0.4) is 0 Å². The van der Waals surface area contributed by atoms with Crippen molar-refractivity contribution in [2.45, 2.75) is 98.8 Å².